The highest BCUT2D eigenvalue weighted by atomic mass is 16.4. The lowest BCUT2D eigenvalue weighted by Crippen LogP contribution is -2.26. The van der Waals surface area contributed by atoms with E-state index in [0.29, 0.717) is 25.3 Å². The number of hydrogen-bond acceptors (Lipinski definition) is 3. The van der Waals surface area contributed by atoms with Gasteiger partial charge in [0.1, 0.15) is 5.82 Å². The molecule has 1 aromatic rings. The molecule has 0 spiro atoms. The summed E-state index contributed by atoms with van der Waals surface area (Å²) < 4.78 is 1.92. The molecule has 3 rings (SSSR count). The van der Waals surface area contributed by atoms with Gasteiger partial charge in [-0.25, -0.2) is 9.67 Å². The zero-order chi connectivity index (χ0) is 12.5. The molecule has 1 fully saturated rings. The Labute approximate surface area is 106 Å². The van der Waals surface area contributed by atoms with Crippen LogP contribution in [0.1, 0.15) is 56.1 Å². The summed E-state index contributed by atoms with van der Waals surface area (Å²) in [7, 11) is 0. The van der Waals surface area contributed by atoms with Gasteiger partial charge in [-0.1, -0.05) is 19.3 Å². The molecule has 1 atom stereocenters. The van der Waals surface area contributed by atoms with Crippen molar-refractivity contribution in [2.75, 3.05) is 0 Å². The zero-order valence-electron chi connectivity index (χ0n) is 10.5. The Balaban J connectivity index is 1.78. The van der Waals surface area contributed by atoms with Crippen LogP contribution >= 0.6 is 0 Å². The highest BCUT2D eigenvalue weighted by molar-refractivity contribution is 5.70. The standard InChI is InChI=1S/C13H19N3O2/c17-13(18)10-6-7-16-11(8-10)14-12(15-16)9-4-2-1-3-5-9/h9-10H,1-8H2,(H,17,18). The molecule has 2 aliphatic rings. The fourth-order valence-electron chi connectivity index (χ4n) is 3.07. The van der Waals surface area contributed by atoms with Gasteiger partial charge in [0.2, 0.25) is 0 Å². The average Bonchev–Trinajstić information content (AvgIpc) is 2.82. The fraction of sp³-hybridized carbons (Fsp3) is 0.769. The molecule has 0 aromatic carbocycles. The summed E-state index contributed by atoms with van der Waals surface area (Å²) in [6.07, 6.45) is 7.45. The smallest absolute Gasteiger partial charge is 0.307 e. The Morgan fingerprint density at radius 1 is 1.22 bits per heavy atom. The van der Waals surface area contributed by atoms with E-state index in [4.69, 9.17) is 5.11 Å². The van der Waals surface area contributed by atoms with Gasteiger partial charge in [-0.05, 0) is 19.3 Å². The molecule has 1 aliphatic carbocycles. The lowest BCUT2D eigenvalue weighted by Gasteiger charge is -2.18. The summed E-state index contributed by atoms with van der Waals surface area (Å²) in [5.41, 5.74) is 0. The lowest BCUT2D eigenvalue weighted by molar-refractivity contribution is -0.142. The summed E-state index contributed by atoms with van der Waals surface area (Å²) in [4.78, 5) is 15.6. The Bertz CT molecular complexity index is 449. The number of carbonyl (C=O) groups is 1. The molecule has 0 bridgehead atoms. The first-order valence-corrected chi connectivity index (χ1v) is 6.90. The van der Waals surface area contributed by atoms with Crippen LogP contribution < -0.4 is 0 Å². The van der Waals surface area contributed by atoms with Crippen LogP contribution in [0.4, 0.5) is 0 Å². The largest absolute Gasteiger partial charge is 0.481 e. The molecular weight excluding hydrogens is 230 g/mol. The van der Waals surface area contributed by atoms with Gasteiger partial charge < -0.3 is 5.11 Å². The van der Waals surface area contributed by atoms with E-state index in [0.717, 1.165) is 11.6 Å². The predicted molar refractivity (Wildman–Crippen MR) is 65.3 cm³/mol. The highest BCUT2D eigenvalue weighted by Gasteiger charge is 2.28. The minimum atomic E-state index is -0.705. The number of nitrogens with zero attached hydrogens (tertiary/aromatic N) is 3. The molecule has 5 heteroatoms. The highest BCUT2D eigenvalue weighted by Crippen LogP contribution is 2.31. The lowest BCUT2D eigenvalue weighted by atomic mass is 9.89. The summed E-state index contributed by atoms with van der Waals surface area (Å²) in [5.74, 6) is 1.34. The van der Waals surface area contributed by atoms with Crippen LogP contribution in [0, 0.1) is 5.92 Å². The summed E-state index contributed by atoms with van der Waals surface area (Å²) >= 11 is 0. The number of aryl methyl sites for hydroxylation is 1. The Morgan fingerprint density at radius 2 is 2.00 bits per heavy atom. The van der Waals surface area contributed by atoms with Crippen molar-refractivity contribution in [3.63, 3.8) is 0 Å². The van der Waals surface area contributed by atoms with Crippen LogP contribution in [0.15, 0.2) is 0 Å². The molecule has 1 aliphatic heterocycles. The second kappa shape index (κ2) is 4.71. The van der Waals surface area contributed by atoms with Gasteiger partial charge in [-0.2, -0.15) is 5.10 Å². The number of aromatic nitrogens is 3. The van der Waals surface area contributed by atoms with Crippen molar-refractivity contribution in [1.29, 1.82) is 0 Å². The molecule has 1 saturated carbocycles. The van der Waals surface area contributed by atoms with Gasteiger partial charge in [-0.3, -0.25) is 4.79 Å². The first-order chi connectivity index (χ1) is 8.74. The second-order valence-electron chi connectivity index (χ2n) is 5.47. The summed E-state index contributed by atoms with van der Waals surface area (Å²) in [6, 6.07) is 0. The van der Waals surface area contributed by atoms with E-state index >= 15 is 0 Å². The molecule has 0 saturated heterocycles. The van der Waals surface area contributed by atoms with Crippen molar-refractivity contribution in [2.24, 2.45) is 5.92 Å². The predicted octanol–water partition coefficient (Wildman–Crippen LogP) is 1.97. The maximum atomic E-state index is 11.0. The summed E-state index contributed by atoms with van der Waals surface area (Å²) in [5, 5.41) is 13.6. The Hall–Kier alpha value is -1.39. The van der Waals surface area contributed by atoms with E-state index in [1.54, 1.807) is 0 Å². The maximum absolute atomic E-state index is 11.0. The number of aliphatic carboxylic acids is 1. The van der Waals surface area contributed by atoms with Gasteiger partial charge in [-0.15, -0.1) is 0 Å². The minimum absolute atomic E-state index is 0.277. The Morgan fingerprint density at radius 3 is 2.72 bits per heavy atom. The topological polar surface area (TPSA) is 68.0 Å². The van der Waals surface area contributed by atoms with Crippen LogP contribution in [0.2, 0.25) is 0 Å². The van der Waals surface area contributed by atoms with Crippen LogP contribution in [0.5, 0.6) is 0 Å². The van der Waals surface area contributed by atoms with E-state index in [2.05, 4.69) is 10.1 Å². The maximum Gasteiger partial charge on any atom is 0.307 e. The normalized spacial score (nSPS) is 24.8. The van der Waals surface area contributed by atoms with Crippen molar-refractivity contribution in [1.82, 2.24) is 14.8 Å². The van der Waals surface area contributed by atoms with E-state index in [1.807, 2.05) is 4.68 Å². The van der Waals surface area contributed by atoms with Crippen LogP contribution in [0.25, 0.3) is 0 Å². The average molecular weight is 249 g/mol. The number of hydrogen-bond donors (Lipinski definition) is 1. The SMILES string of the molecule is O=C(O)C1CCn2nc(C3CCCCC3)nc2C1. The van der Waals surface area contributed by atoms with E-state index < -0.39 is 5.97 Å². The molecule has 1 aromatic heterocycles. The zero-order valence-corrected chi connectivity index (χ0v) is 10.5. The number of carboxylic acid groups (broad SMARTS) is 1. The van der Waals surface area contributed by atoms with E-state index in [1.165, 1.54) is 32.1 Å². The first-order valence-electron chi connectivity index (χ1n) is 6.90. The molecule has 18 heavy (non-hydrogen) atoms. The van der Waals surface area contributed by atoms with Crippen LogP contribution in [0.3, 0.4) is 0 Å². The van der Waals surface area contributed by atoms with Crippen molar-refractivity contribution in [2.45, 2.75) is 57.4 Å². The number of carboxylic acids is 1. The second-order valence-corrected chi connectivity index (χ2v) is 5.47. The number of fused-ring (bicyclic) bond motifs is 1. The summed E-state index contributed by atoms with van der Waals surface area (Å²) in [6.45, 7) is 0.700. The monoisotopic (exact) mass is 249 g/mol. The number of rotatable bonds is 2. The molecular formula is C13H19N3O2. The van der Waals surface area contributed by atoms with Gasteiger partial charge in [0.05, 0.1) is 5.92 Å². The van der Waals surface area contributed by atoms with Gasteiger partial charge in [0.15, 0.2) is 5.82 Å². The molecule has 0 radical (unpaired) electrons. The van der Waals surface area contributed by atoms with E-state index in [9.17, 15) is 4.79 Å². The van der Waals surface area contributed by atoms with Crippen molar-refractivity contribution in [3.05, 3.63) is 11.6 Å². The first kappa shape index (κ1) is 11.7. The molecule has 1 N–H and O–H groups in total. The fourth-order valence-corrected chi connectivity index (χ4v) is 3.07. The van der Waals surface area contributed by atoms with Gasteiger partial charge in [0, 0.05) is 18.9 Å². The third-order valence-electron chi connectivity index (χ3n) is 4.20. The third kappa shape index (κ3) is 2.13. The molecule has 98 valence electrons. The quantitative estimate of drug-likeness (QED) is 0.870. The van der Waals surface area contributed by atoms with Crippen molar-refractivity contribution < 1.29 is 9.90 Å². The van der Waals surface area contributed by atoms with Gasteiger partial charge in [0.25, 0.3) is 0 Å². The van der Waals surface area contributed by atoms with Crippen LogP contribution in [-0.4, -0.2) is 25.8 Å². The minimum Gasteiger partial charge on any atom is -0.481 e. The van der Waals surface area contributed by atoms with Gasteiger partial charge >= 0.3 is 5.97 Å². The van der Waals surface area contributed by atoms with Crippen molar-refractivity contribution in [3.8, 4) is 0 Å². The molecule has 0 amide bonds. The molecule has 1 unspecified atom stereocenters. The Kier molecular flexibility index (Phi) is 3.06. The molecule has 2 heterocycles. The third-order valence-corrected chi connectivity index (χ3v) is 4.20. The van der Waals surface area contributed by atoms with Crippen molar-refractivity contribution >= 4 is 5.97 Å². The van der Waals surface area contributed by atoms with Crippen LogP contribution in [-0.2, 0) is 17.8 Å². The molecule has 5 nitrogen and oxygen atoms in total. The van der Waals surface area contributed by atoms with E-state index in [-0.39, 0.29) is 5.92 Å².